The van der Waals surface area contributed by atoms with E-state index in [1.54, 1.807) is 24.3 Å². The summed E-state index contributed by atoms with van der Waals surface area (Å²) >= 11 is 0. The summed E-state index contributed by atoms with van der Waals surface area (Å²) in [5.74, 6) is 0.449. The molecule has 0 unspecified atom stereocenters. The van der Waals surface area contributed by atoms with Crippen LogP contribution in [0.4, 0.5) is 0 Å². The first-order chi connectivity index (χ1) is 14.4. The van der Waals surface area contributed by atoms with Crippen LogP contribution in [0, 0.1) is 12.3 Å². The fraction of sp³-hybridized carbons (Fsp3) is 0.375. The number of carbonyl (C=O) groups is 2. The highest BCUT2D eigenvalue weighted by Gasteiger charge is 2.48. The molecule has 1 N–H and O–H groups in total. The van der Waals surface area contributed by atoms with Crippen molar-refractivity contribution in [1.82, 2.24) is 15.1 Å². The van der Waals surface area contributed by atoms with E-state index >= 15 is 0 Å². The van der Waals surface area contributed by atoms with E-state index in [2.05, 4.69) is 24.0 Å². The van der Waals surface area contributed by atoms with Crippen molar-refractivity contribution in [3.8, 4) is 5.75 Å². The van der Waals surface area contributed by atoms with Crippen molar-refractivity contribution >= 4 is 22.7 Å². The Balaban J connectivity index is 1.42. The third kappa shape index (κ3) is 2.82. The van der Waals surface area contributed by atoms with Crippen LogP contribution in [0.3, 0.4) is 0 Å². The summed E-state index contributed by atoms with van der Waals surface area (Å²) in [5.41, 5.74) is 2.86. The predicted octanol–water partition coefficient (Wildman–Crippen LogP) is 4.49. The van der Waals surface area contributed by atoms with E-state index in [9.17, 15) is 9.59 Å². The Morgan fingerprint density at radius 2 is 1.80 bits per heavy atom. The van der Waals surface area contributed by atoms with Crippen LogP contribution in [0.2, 0.25) is 0 Å². The fourth-order valence-corrected chi connectivity index (χ4v) is 4.88. The fourth-order valence-electron chi connectivity index (χ4n) is 4.88. The minimum Gasteiger partial charge on any atom is -0.490 e. The number of imide groups is 1. The molecule has 30 heavy (non-hydrogen) atoms. The lowest BCUT2D eigenvalue weighted by molar-refractivity contribution is 0.00708. The van der Waals surface area contributed by atoms with Crippen molar-refractivity contribution in [2.75, 3.05) is 0 Å². The monoisotopic (exact) mass is 403 g/mol. The molecule has 2 aliphatic rings. The summed E-state index contributed by atoms with van der Waals surface area (Å²) < 4.78 is 6.40. The Morgan fingerprint density at radius 1 is 1.10 bits per heavy atom. The molecular formula is C24H25N3O3. The molecule has 0 bridgehead atoms. The molecule has 3 aromatic rings. The molecule has 1 aliphatic heterocycles. The number of carbonyl (C=O) groups excluding carboxylic acids is 2. The number of ether oxygens (including phenoxy) is 1. The third-order valence-electron chi connectivity index (χ3n) is 6.77. The van der Waals surface area contributed by atoms with Gasteiger partial charge in [-0.15, -0.1) is 0 Å². The molecule has 6 nitrogen and oxygen atoms in total. The van der Waals surface area contributed by atoms with Crippen molar-refractivity contribution in [2.24, 2.45) is 5.41 Å². The molecule has 1 aromatic heterocycles. The number of nitrogens with zero attached hydrogens (tertiary/aromatic N) is 2. The first kappa shape index (κ1) is 18.9. The maximum absolute atomic E-state index is 13.1. The second-order valence-electron chi connectivity index (χ2n) is 9.06. The summed E-state index contributed by atoms with van der Waals surface area (Å²) in [6.45, 7) is 6.31. The van der Waals surface area contributed by atoms with Crippen LogP contribution in [0.1, 0.15) is 59.4 Å². The summed E-state index contributed by atoms with van der Waals surface area (Å²) in [6.07, 6.45) is 4.14. The largest absolute Gasteiger partial charge is 0.490 e. The van der Waals surface area contributed by atoms with E-state index in [-0.39, 0.29) is 29.4 Å². The first-order valence-corrected chi connectivity index (χ1v) is 10.4. The molecule has 2 heterocycles. The van der Waals surface area contributed by atoms with Crippen LogP contribution in [0.15, 0.2) is 42.6 Å². The number of H-pyrrole nitrogens is 1. The smallest absolute Gasteiger partial charge is 0.261 e. The van der Waals surface area contributed by atoms with Gasteiger partial charge in [0, 0.05) is 23.4 Å². The zero-order valence-corrected chi connectivity index (χ0v) is 17.4. The minimum absolute atomic E-state index is 0.0598. The van der Waals surface area contributed by atoms with E-state index in [1.807, 2.05) is 25.3 Å². The molecule has 0 radical (unpaired) electrons. The van der Waals surface area contributed by atoms with Crippen molar-refractivity contribution in [1.29, 1.82) is 0 Å². The third-order valence-corrected chi connectivity index (χ3v) is 6.77. The van der Waals surface area contributed by atoms with Gasteiger partial charge in [-0.3, -0.25) is 19.6 Å². The van der Waals surface area contributed by atoms with E-state index in [0.29, 0.717) is 17.5 Å². The van der Waals surface area contributed by atoms with E-state index in [1.165, 1.54) is 4.90 Å². The van der Waals surface area contributed by atoms with Gasteiger partial charge in [-0.1, -0.05) is 26.0 Å². The molecule has 154 valence electrons. The molecule has 2 atom stereocenters. The summed E-state index contributed by atoms with van der Waals surface area (Å²) in [5, 5.41) is 8.13. The molecule has 1 fully saturated rings. The highest BCUT2D eigenvalue weighted by atomic mass is 16.5. The number of benzene rings is 2. The molecule has 6 heteroatoms. The van der Waals surface area contributed by atoms with Crippen LogP contribution >= 0.6 is 0 Å². The number of amides is 2. The van der Waals surface area contributed by atoms with Gasteiger partial charge in [0.1, 0.15) is 11.9 Å². The maximum Gasteiger partial charge on any atom is 0.261 e. The second-order valence-corrected chi connectivity index (χ2v) is 9.06. The number of hydrogen-bond acceptors (Lipinski definition) is 4. The number of aromatic nitrogens is 2. The van der Waals surface area contributed by atoms with Crippen molar-refractivity contribution in [2.45, 2.75) is 52.2 Å². The first-order valence-electron chi connectivity index (χ1n) is 10.4. The van der Waals surface area contributed by atoms with Crippen LogP contribution in [0.25, 0.3) is 10.9 Å². The summed E-state index contributed by atoms with van der Waals surface area (Å²) in [7, 11) is 0. The number of nitrogens with one attached hydrogen (secondary N) is 1. The molecule has 2 amide bonds. The number of hydrogen-bond donors (Lipinski definition) is 1. The lowest BCUT2D eigenvalue weighted by Gasteiger charge is -2.45. The second kappa shape index (κ2) is 6.69. The maximum atomic E-state index is 13.1. The quantitative estimate of drug-likeness (QED) is 0.654. The van der Waals surface area contributed by atoms with Gasteiger partial charge < -0.3 is 4.74 Å². The normalized spacial score (nSPS) is 23.1. The zero-order valence-electron chi connectivity index (χ0n) is 17.4. The molecule has 5 rings (SSSR count). The number of rotatable bonds is 3. The van der Waals surface area contributed by atoms with E-state index < -0.39 is 0 Å². The highest BCUT2D eigenvalue weighted by Crippen LogP contribution is 2.43. The number of aromatic amines is 1. The Hall–Kier alpha value is -3.15. The van der Waals surface area contributed by atoms with Crippen molar-refractivity contribution in [3.05, 3.63) is 59.3 Å². The van der Waals surface area contributed by atoms with Gasteiger partial charge >= 0.3 is 0 Å². The van der Waals surface area contributed by atoms with Crippen LogP contribution < -0.4 is 4.74 Å². The van der Waals surface area contributed by atoms with Crippen molar-refractivity contribution in [3.63, 3.8) is 0 Å². The molecule has 0 spiro atoms. The standard InChI is InChI=1S/C24H25N3O3/c1-14-18-13-25-26-19(18)8-9-20(14)30-15-10-11-24(2,3)21(12-15)27-22(28)16-6-4-5-7-17(16)23(27)29/h4-9,13,15,21H,10-12H2,1-3H3,(H,25,26)/t15-,21-/m0/s1. The van der Waals surface area contributed by atoms with Gasteiger partial charge in [0.15, 0.2) is 0 Å². The lowest BCUT2D eigenvalue weighted by Crippen LogP contribution is -2.53. The van der Waals surface area contributed by atoms with Gasteiger partial charge in [0.25, 0.3) is 11.8 Å². The molecule has 1 aliphatic carbocycles. The Morgan fingerprint density at radius 3 is 2.50 bits per heavy atom. The SMILES string of the molecule is Cc1c(O[C@H]2CCC(C)(C)[C@@H](N3C(=O)c4ccccc4C3=O)C2)ccc2[nH]ncc12. The Kier molecular flexibility index (Phi) is 4.20. The number of fused-ring (bicyclic) bond motifs is 2. The topological polar surface area (TPSA) is 75.3 Å². The average Bonchev–Trinajstić information content (AvgIpc) is 3.30. The highest BCUT2D eigenvalue weighted by molar-refractivity contribution is 6.21. The van der Waals surface area contributed by atoms with Crippen LogP contribution in [-0.4, -0.2) is 39.1 Å². The van der Waals surface area contributed by atoms with Gasteiger partial charge in [0.05, 0.1) is 22.8 Å². The van der Waals surface area contributed by atoms with Crippen LogP contribution in [0.5, 0.6) is 5.75 Å². The van der Waals surface area contributed by atoms with Gasteiger partial charge in [0.2, 0.25) is 0 Å². The van der Waals surface area contributed by atoms with Gasteiger partial charge in [-0.2, -0.15) is 5.10 Å². The molecule has 1 saturated carbocycles. The van der Waals surface area contributed by atoms with E-state index in [4.69, 9.17) is 4.74 Å². The van der Waals surface area contributed by atoms with Crippen LogP contribution in [-0.2, 0) is 0 Å². The van der Waals surface area contributed by atoms with Gasteiger partial charge in [-0.05, 0) is 49.4 Å². The number of aryl methyl sites for hydroxylation is 1. The Bertz CT molecular complexity index is 1130. The Labute approximate surface area is 175 Å². The minimum atomic E-state index is -0.207. The summed E-state index contributed by atoms with van der Waals surface area (Å²) in [4.78, 5) is 27.6. The predicted molar refractivity (Wildman–Crippen MR) is 114 cm³/mol. The lowest BCUT2D eigenvalue weighted by atomic mass is 9.71. The summed E-state index contributed by atoms with van der Waals surface area (Å²) in [6, 6.07) is 10.8. The molecule has 2 aromatic carbocycles. The van der Waals surface area contributed by atoms with E-state index in [0.717, 1.165) is 35.1 Å². The van der Waals surface area contributed by atoms with Gasteiger partial charge in [-0.25, -0.2) is 0 Å². The molecule has 0 saturated heterocycles. The zero-order chi connectivity index (χ0) is 21.0. The average molecular weight is 403 g/mol. The van der Waals surface area contributed by atoms with Crippen molar-refractivity contribution < 1.29 is 14.3 Å². The molecular weight excluding hydrogens is 378 g/mol.